The first-order chi connectivity index (χ1) is 4.79. The number of thiocarbonyl (C=S) groups is 1. The molecule has 1 heterocycles. The van der Waals surface area contributed by atoms with Gasteiger partial charge in [0.25, 0.3) is 0 Å². The Morgan fingerprint density at radius 3 is 2.82 bits per heavy atom. The van der Waals surface area contributed by atoms with Gasteiger partial charge in [0.15, 0.2) is 5.11 Å². The first kappa shape index (κ1) is 11.1. The van der Waals surface area contributed by atoms with Gasteiger partial charge in [-0.1, -0.05) is 0 Å². The Kier molecular flexibility index (Phi) is 5.81. The van der Waals surface area contributed by atoms with E-state index in [1.807, 2.05) is 0 Å². The Balaban J connectivity index is 0.000001000. The molecule has 1 radical (unpaired) electrons. The third-order valence-corrected chi connectivity index (χ3v) is 1.56. The van der Waals surface area contributed by atoms with Crippen molar-refractivity contribution in [2.24, 2.45) is 5.73 Å². The molecule has 1 atom stereocenters. The van der Waals surface area contributed by atoms with Crippen LogP contribution in [0.15, 0.2) is 0 Å². The molecule has 0 amide bonds. The summed E-state index contributed by atoms with van der Waals surface area (Å²) in [6, 6.07) is 0.460. The molecule has 0 aliphatic carbocycles. The molecule has 69 valence electrons. The van der Waals surface area contributed by atoms with Crippen LogP contribution in [0.3, 0.4) is 0 Å². The van der Waals surface area contributed by atoms with E-state index in [4.69, 9.17) is 5.73 Å². The fourth-order valence-electron chi connectivity index (χ4n) is 0.951. The van der Waals surface area contributed by atoms with Crippen LogP contribution in [-0.4, -0.2) is 24.2 Å². The van der Waals surface area contributed by atoms with Crippen LogP contribution in [0.5, 0.6) is 0 Å². The summed E-state index contributed by atoms with van der Waals surface area (Å²) in [5, 5.41) is 3.51. The van der Waals surface area contributed by atoms with Crippen molar-refractivity contribution in [2.45, 2.75) is 12.5 Å². The molecule has 0 aromatic rings. The van der Waals surface area contributed by atoms with Crippen molar-refractivity contribution in [2.75, 3.05) is 13.1 Å². The van der Waals surface area contributed by atoms with E-state index in [1.54, 1.807) is 0 Å². The van der Waals surface area contributed by atoms with Gasteiger partial charge >= 0.3 is 0 Å². The molecule has 6 heteroatoms. The van der Waals surface area contributed by atoms with Crippen LogP contribution in [0.25, 0.3) is 0 Å². The molecular weight excluding hydrogens is 212 g/mol. The summed E-state index contributed by atoms with van der Waals surface area (Å²) in [7, 11) is 0. The fraction of sp³-hybridized carbons (Fsp3) is 0.800. The van der Waals surface area contributed by atoms with Gasteiger partial charge in [-0.05, 0) is 25.2 Å². The summed E-state index contributed by atoms with van der Waals surface area (Å²) in [5.74, 6) is 0. The van der Waals surface area contributed by atoms with Gasteiger partial charge in [-0.3, -0.25) is 5.43 Å². The molecule has 1 fully saturated rings. The van der Waals surface area contributed by atoms with Gasteiger partial charge in [0.1, 0.15) is 0 Å². The molecule has 1 unspecified atom stereocenters. The van der Waals surface area contributed by atoms with Crippen LogP contribution >= 0.6 is 12.2 Å². The largest absolute Gasteiger partial charge is 0.375 e. The molecule has 1 aliphatic heterocycles. The van der Waals surface area contributed by atoms with Gasteiger partial charge in [0.05, 0.1) is 0 Å². The van der Waals surface area contributed by atoms with E-state index in [9.17, 15) is 0 Å². The maximum atomic E-state index is 5.21. The normalized spacial score (nSPS) is 22.4. The Bertz CT molecular complexity index is 126. The van der Waals surface area contributed by atoms with Crippen molar-refractivity contribution < 1.29 is 17.1 Å². The molecule has 1 saturated heterocycles. The molecule has 0 aromatic carbocycles. The summed E-state index contributed by atoms with van der Waals surface area (Å²) in [4.78, 5) is 0. The minimum atomic E-state index is 0. The van der Waals surface area contributed by atoms with Gasteiger partial charge in [-0.2, -0.15) is 0 Å². The second-order valence-electron chi connectivity index (χ2n) is 2.32. The van der Waals surface area contributed by atoms with Gasteiger partial charge < -0.3 is 11.1 Å². The second-order valence-corrected chi connectivity index (χ2v) is 2.76. The van der Waals surface area contributed by atoms with Gasteiger partial charge in [0, 0.05) is 29.7 Å². The second kappa shape index (κ2) is 5.74. The molecule has 1 rings (SSSR count). The summed E-state index contributed by atoms with van der Waals surface area (Å²) in [5.41, 5.74) is 10.9. The minimum Gasteiger partial charge on any atom is -0.375 e. The van der Waals surface area contributed by atoms with Gasteiger partial charge in [0.2, 0.25) is 0 Å². The van der Waals surface area contributed by atoms with E-state index in [-0.39, 0.29) is 17.1 Å². The number of nitrogens with two attached hydrogens (primary N) is 1. The molecular formula is C5H12CuN4S. The number of nitrogens with one attached hydrogen (secondary N) is 3. The number of rotatable bonds is 2. The maximum Gasteiger partial charge on any atom is 0.178 e. The van der Waals surface area contributed by atoms with Crippen LogP contribution in [-0.2, 0) is 17.1 Å². The van der Waals surface area contributed by atoms with Crippen molar-refractivity contribution in [3.8, 4) is 0 Å². The average molecular weight is 224 g/mol. The minimum absolute atomic E-state index is 0. The molecule has 11 heavy (non-hydrogen) atoms. The van der Waals surface area contributed by atoms with Gasteiger partial charge in [-0.25, -0.2) is 5.43 Å². The predicted octanol–water partition coefficient (Wildman–Crippen LogP) is -1.32. The zero-order valence-corrected chi connectivity index (χ0v) is 7.74. The first-order valence-electron chi connectivity index (χ1n) is 3.31. The van der Waals surface area contributed by atoms with E-state index in [0.29, 0.717) is 11.2 Å². The SMILES string of the molecule is NC(=S)NNC1CCNC1.[Cu]. The monoisotopic (exact) mass is 223 g/mol. The predicted molar refractivity (Wildman–Crippen MR) is 44.3 cm³/mol. The van der Waals surface area contributed by atoms with E-state index in [2.05, 4.69) is 28.4 Å². The molecule has 0 spiro atoms. The van der Waals surface area contributed by atoms with Crippen molar-refractivity contribution in [3.63, 3.8) is 0 Å². The first-order valence-corrected chi connectivity index (χ1v) is 3.71. The van der Waals surface area contributed by atoms with Crippen LogP contribution in [0.4, 0.5) is 0 Å². The number of hydrogen-bond acceptors (Lipinski definition) is 3. The number of hydrogen-bond donors (Lipinski definition) is 4. The molecule has 1 aliphatic rings. The Morgan fingerprint density at radius 1 is 1.64 bits per heavy atom. The third kappa shape index (κ3) is 4.55. The van der Waals surface area contributed by atoms with Crippen molar-refractivity contribution in [1.82, 2.24) is 16.2 Å². The van der Waals surface area contributed by atoms with E-state index >= 15 is 0 Å². The molecule has 0 saturated carbocycles. The standard InChI is InChI=1S/C5H12N4S.Cu/c6-5(10)9-8-4-1-2-7-3-4;/h4,7-8H,1-3H2,(H3,6,9,10);. The van der Waals surface area contributed by atoms with E-state index < -0.39 is 0 Å². The van der Waals surface area contributed by atoms with Crippen LogP contribution < -0.4 is 21.9 Å². The topological polar surface area (TPSA) is 62.1 Å². The van der Waals surface area contributed by atoms with Crippen molar-refractivity contribution >= 4 is 17.3 Å². The Morgan fingerprint density at radius 2 is 2.36 bits per heavy atom. The molecule has 0 bridgehead atoms. The van der Waals surface area contributed by atoms with Crippen molar-refractivity contribution in [1.29, 1.82) is 0 Å². The average Bonchev–Trinajstić information content (AvgIpc) is 2.34. The summed E-state index contributed by atoms with van der Waals surface area (Å²) in [6.07, 6.45) is 1.12. The zero-order valence-electron chi connectivity index (χ0n) is 5.99. The smallest absolute Gasteiger partial charge is 0.178 e. The van der Waals surface area contributed by atoms with Crippen LogP contribution in [0.2, 0.25) is 0 Å². The Hall–Kier alpha value is 0.129. The summed E-state index contributed by atoms with van der Waals surface area (Å²) >= 11 is 4.61. The van der Waals surface area contributed by atoms with Gasteiger partial charge in [-0.15, -0.1) is 0 Å². The molecule has 5 N–H and O–H groups in total. The van der Waals surface area contributed by atoms with Crippen LogP contribution in [0, 0.1) is 0 Å². The zero-order chi connectivity index (χ0) is 7.40. The fourth-order valence-corrected chi connectivity index (χ4v) is 1.01. The quantitative estimate of drug-likeness (QED) is 0.266. The summed E-state index contributed by atoms with van der Waals surface area (Å²) in [6.45, 7) is 2.05. The van der Waals surface area contributed by atoms with E-state index in [0.717, 1.165) is 19.5 Å². The Labute approximate surface area is 82.1 Å². The van der Waals surface area contributed by atoms with Crippen molar-refractivity contribution in [3.05, 3.63) is 0 Å². The summed E-state index contributed by atoms with van der Waals surface area (Å²) < 4.78 is 0. The molecule has 0 aromatic heterocycles. The maximum absolute atomic E-state index is 5.21. The molecule has 4 nitrogen and oxygen atoms in total. The van der Waals surface area contributed by atoms with E-state index in [1.165, 1.54) is 0 Å². The van der Waals surface area contributed by atoms with Crippen LogP contribution in [0.1, 0.15) is 6.42 Å². The third-order valence-electron chi connectivity index (χ3n) is 1.46. The number of hydrazine groups is 1.